The predicted octanol–water partition coefficient (Wildman–Crippen LogP) is 1.69. The smallest absolute Gasteiger partial charge is 0.323 e. The summed E-state index contributed by atoms with van der Waals surface area (Å²) >= 11 is 0. The third-order valence-electron chi connectivity index (χ3n) is 2.68. The molecule has 0 aliphatic carbocycles. The summed E-state index contributed by atoms with van der Waals surface area (Å²) in [5.74, 6) is -0.769. The van der Waals surface area contributed by atoms with Gasteiger partial charge in [-0.05, 0) is 37.0 Å². The molecule has 0 aliphatic rings. The lowest BCUT2D eigenvalue weighted by Crippen LogP contribution is -2.45. The second-order valence-corrected chi connectivity index (χ2v) is 4.42. The molecule has 0 aliphatic heterocycles. The molecule has 4 nitrogen and oxygen atoms in total. The standard InChI is InChI=1S/C12H17NO3/c1-8(7-12(2,13)11(15)16)9-3-5-10(14)6-4-9/h3-6,8,14H,7,13H2,1-2H3,(H,15,16). The van der Waals surface area contributed by atoms with Gasteiger partial charge in [0.1, 0.15) is 11.3 Å². The molecule has 0 heterocycles. The van der Waals surface area contributed by atoms with Gasteiger partial charge in [0.05, 0.1) is 0 Å². The zero-order valence-electron chi connectivity index (χ0n) is 9.47. The van der Waals surface area contributed by atoms with E-state index in [-0.39, 0.29) is 11.7 Å². The predicted molar refractivity (Wildman–Crippen MR) is 61.4 cm³/mol. The molecule has 0 spiro atoms. The Morgan fingerprint density at radius 3 is 2.38 bits per heavy atom. The maximum atomic E-state index is 10.9. The second-order valence-electron chi connectivity index (χ2n) is 4.42. The minimum Gasteiger partial charge on any atom is -0.508 e. The van der Waals surface area contributed by atoms with Crippen LogP contribution in [0.1, 0.15) is 31.7 Å². The summed E-state index contributed by atoms with van der Waals surface area (Å²) < 4.78 is 0. The Morgan fingerprint density at radius 1 is 1.44 bits per heavy atom. The lowest BCUT2D eigenvalue weighted by atomic mass is 9.86. The summed E-state index contributed by atoms with van der Waals surface area (Å²) in [6.07, 6.45) is 0.354. The number of phenolic OH excluding ortho intramolecular Hbond substituents is 1. The molecular formula is C12H17NO3. The highest BCUT2D eigenvalue weighted by Crippen LogP contribution is 2.25. The van der Waals surface area contributed by atoms with E-state index in [1.807, 2.05) is 6.92 Å². The van der Waals surface area contributed by atoms with Crippen molar-refractivity contribution in [3.63, 3.8) is 0 Å². The lowest BCUT2D eigenvalue weighted by Gasteiger charge is -2.23. The van der Waals surface area contributed by atoms with Gasteiger partial charge in [0.2, 0.25) is 0 Å². The zero-order valence-corrected chi connectivity index (χ0v) is 9.47. The summed E-state index contributed by atoms with van der Waals surface area (Å²) in [7, 11) is 0. The number of carboxylic acid groups (broad SMARTS) is 1. The Hall–Kier alpha value is -1.55. The maximum absolute atomic E-state index is 10.9. The van der Waals surface area contributed by atoms with Crippen molar-refractivity contribution in [2.75, 3.05) is 0 Å². The van der Waals surface area contributed by atoms with Gasteiger partial charge < -0.3 is 15.9 Å². The molecule has 88 valence electrons. The topological polar surface area (TPSA) is 83.6 Å². The van der Waals surface area contributed by atoms with Crippen molar-refractivity contribution in [3.05, 3.63) is 29.8 Å². The molecule has 0 amide bonds. The molecule has 1 rings (SSSR count). The normalized spacial score (nSPS) is 16.4. The number of hydrogen-bond acceptors (Lipinski definition) is 3. The van der Waals surface area contributed by atoms with Gasteiger partial charge in [-0.1, -0.05) is 19.1 Å². The molecule has 4 heteroatoms. The largest absolute Gasteiger partial charge is 0.508 e. The Kier molecular flexibility index (Phi) is 3.55. The van der Waals surface area contributed by atoms with Crippen molar-refractivity contribution in [2.45, 2.75) is 31.7 Å². The van der Waals surface area contributed by atoms with Crippen LogP contribution in [0, 0.1) is 0 Å². The number of hydrogen-bond donors (Lipinski definition) is 3. The Labute approximate surface area is 94.7 Å². The highest BCUT2D eigenvalue weighted by molar-refractivity contribution is 5.77. The van der Waals surface area contributed by atoms with Crippen LogP contribution in [0.3, 0.4) is 0 Å². The first kappa shape index (κ1) is 12.5. The van der Waals surface area contributed by atoms with Crippen LogP contribution in [0.2, 0.25) is 0 Å². The van der Waals surface area contributed by atoms with Crippen molar-refractivity contribution in [3.8, 4) is 5.75 Å². The van der Waals surface area contributed by atoms with E-state index in [0.29, 0.717) is 6.42 Å². The van der Waals surface area contributed by atoms with Crippen molar-refractivity contribution in [1.82, 2.24) is 0 Å². The van der Waals surface area contributed by atoms with E-state index in [2.05, 4.69) is 0 Å². The van der Waals surface area contributed by atoms with Crippen LogP contribution in [0.4, 0.5) is 0 Å². The van der Waals surface area contributed by atoms with Gasteiger partial charge in [0.15, 0.2) is 0 Å². The molecule has 0 bridgehead atoms. The van der Waals surface area contributed by atoms with E-state index in [9.17, 15) is 4.79 Å². The van der Waals surface area contributed by atoms with Gasteiger partial charge in [0, 0.05) is 0 Å². The molecule has 0 aromatic heterocycles. The fourth-order valence-electron chi connectivity index (χ4n) is 1.64. The summed E-state index contributed by atoms with van der Waals surface area (Å²) in [5.41, 5.74) is 5.42. The molecule has 2 atom stereocenters. The number of carboxylic acids is 1. The second kappa shape index (κ2) is 4.53. The Bertz CT molecular complexity index is 370. The van der Waals surface area contributed by atoms with Crippen molar-refractivity contribution in [1.29, 1.82) is 0 Å². The van der Waals surface area contributed by atoms with Crippen molar-refractivity contribution < 1.29 is 15.0 Å². The van der Waals surface area contributed by atoms with Gasteiger partial charge in [0.25, 0.3) is 0 Å². The first-order chi connectivity index (χ1) is 7.33. The quantitative estimate of drug-likeness (QED) is 0.725. The van der Waals surface area contributed by atoms with Gasteiger partial charge >= 0.3 is 5.97 Å². The zero-order chi connectivity index (χ0) is 12.3. The highest BCUT2D eigenvalue weighted by Gasteiger charge is 2.30. The summed E-state index contributed by atoms with van der Waals surface area (Å²) in [6, 6.07) is 6.72. The number of phenols is 1. The molecule has 0 radical (unpaired) electrons. The molecule has 1 aromatic carbocycles. The molecule has 0 fully saturated rings. The third-order valence-corrected chi connectivity index (χ3v) is 2.68. The molecular weight excluding hydrogens is 206 g/mol. The highest BCUT2D eigenvalue weighted by atomic mass is 16.4. The number of carbonyl (C=O) groups is 1. The minimum absolute atomic E-state index is 0.0340. The third kappa shape index (κ3) is 2.97. The van der Waals surface area contributed by atoms with Crippen LogP contribution in [0.5, 0.6) is 5.75 Å². The van der Waals surface area contributed by atoms with Gasteiger partial charge in [-0.2, -0.15) is 0 Å². The van der Waals surface area contributed by atoms with E-state index in [1.165, 1.54) is 6.92 Å². The SMILES string of the molecule is CC(CC(C)(N)C(=O)O)c1ccc(O)cc1. The van der Waals surface area contributed by atoms with Crippen molar-refractivity contribution >= 4 is 5.97 Å². The van der Waals surface area contributed by atoms with E-state index < -0.39 is 11.5 Å². The number of aliphatic carboxylic acids is 1. The Morgan fingerprint density at radius 2 is 1.94 bits per heavy atom. The monoisotopic (exact) mass is 223 g/mol. The average Bonchev–Trinajstić information content (AvgIpc) is 2.17. The van der Waals surface area contributed by atoms with Gasteiger partial charge in [-0.15, -0.1) is 0 Å². The fraction of sp³-hybridized carbons (Fsp3) is 0.417. The lowest BCUT2D eigenvalue weighted by molar-refractivity contribution is -0.143. The number of rotatable bonds is 4. The maximum Gasteiger partial charge on any atom is 0.323 e. The molecule has 0 saturated heterocycles. The summed E-state index contributed by atoms with van der Waals surface area (Å²) in [5, 5.41) is 18.1. The van der Waals surface area contributed by atoms with Gasteiger partial charge in [-0.25, -0.2) is 0 Å². The number of nitrogens with two attached hydrogens (primary N) is 1. The van der Waals surface area contributed by atoms with E-state index in [1.54, 1.807) is 24.3 Å². The summed E-state index contributed by atoms with van der Waals surface area (Å²) in [4.78, 5) is 10.9. The molecule has 16 heavy (non-hydrogen) atoms. The van der Waals surface area contributed by atoms with Crippen LogP contribution >= 0.6 is 0 Å². The van der Waals surface area contributed by atoms with Crippen LogP contribution < -0.4 is 5.73 Å². The van der Waals surface area contributed by atoms with E-state index in [0.717, 1.165) is 5.56 Å². The first-order valence-corrected chi connectivity index (χ1v) is 5.14. The molecule has 0 saturated carbocycles. The van der Waals surface area contributed by atoms with Crippen LogP contribution in [-0.2, 0) is 4.79 Å². The van der Waals surface area contributed by atoms with E-state index in [4.69, 9.17) is 15.9 Å². The van der Waals surface area contributed by atoms with Crippen LogP contribution in [0.25, 0.3) is 0 Å². The Balaban J connectivity index is 2.76. The average molecular weight is 223 g/mol. The van der Waals surface area contributed by atoms with E-state index >= 15 is 0 Å². The minimum atomic E-state index is -1.22. The fourth-order valence-corrected chi connectivity index (χ4v) is 1.64. The molecule has 2 unspecified atom stereocenters. The first-order valence-electron chi connectivity index (χ1n) is 5.14. The van der Waals surface area contributed by atoms with Crippen LogP contribution in [-0.4, -0.2) is 21.7 Å². The van der Waals surface area contributed by atoms with Gasteiger partial charge in [-0.3, -0.25) is 4.79 Å². The van der Waals surface area contributed by atoms with Crippen LogP contribution in [0.15, 0.2) is 24.3 Å². The summed E-state index contributed by atoms with van der Waals surface area (Å²) in [6.45, 7) is 3.42. The number of aromatic hydroxyl groups is 1. The van der Waals surface area contributed by atoms with Crippen molar-refractivity contribution in [2.24, 2.45) is 5.73 Å². The molecule has 1 aromatic rings. The number of benzene rings is 1. The molecule has 4 N–H and O–H groups in total.